The van der Waals surface area contributed by atoms with Crippen LogP contribution in [0, 0.1) is 16.7 Å². The van der Waals surface area contributed by atoms with Crippen LogP contribution in [-0.2, 0) is 4.79 Å². The van der Waals surface area contributed by atoms with E-state index in [1.165, 1.54) is 0 Å². The minimum atomic E-state index is -0.996. The minimum absolute atomic E-state index is 0.0883. The van der Waals surface area contributed by atoms with E-state index in [0.717, 1.165) is 19.3 Å². The molecular formula is C16H30N2O3. The Morgan fingerprint density at radius 3 is 1.95 bits per heavy atom. The van der Waals surface area contributed by atoms with Crippen molar-refractivity contribution in [1.29, 1.82) is 0 Å². The van der Waals surface area contributed by atoms with E-state index in [2.05, 4.69) is 38.3 Å². The van der Waals surface area contributed by atoms with Crippen molar-refractivity contribution < 1.29 is 14.7 Å². The molecule has 5 heteroatoms. The summed E-state index contributed by atoms with van der Waals surface area (Å²) < 4.78 is 0. The molecule has 0 saturated heterocycles. The molecule has 0 aromatic heterocycles. The first-order chi connectivity index (χ1) is 9.42. The highest BCUT2D eigenvalue weighted by Gasteiger charge is 2.39. The molecule has 5 nitrogen and oxygen atoms in total. The number of carbonyl (C=O) groups is 2. The van der Waals surface area contributed by atoms with Crippen molar-refractivity contribution in [2.24, 2.45) is 16.7 Å². The highest BCUT2D eigenvalue weighted by atomic mass is 16.4. The molecule has 0 spiro atoms. The van der Waals surface area contributed by atoms with Gasteiger partial charge in [-0.3, -0.25) is 0 Å². The van der Waals surface area contributed by atoms with Crippen LogP contribution >= 0.6 is 0 Å². The number of carboxylic acid groups (broad SMARTS) is 1. The van der Waals surface area contributed by atoms with Gasteiger partial charge in [0.05, 0.1) is 0 Å². The molecule has 0 aromatic rings. The Morgan fingerprint density at radius 2 is 1.57 bits per heavy atom. The number of hydrogen-bond acceptors (Lipinski definition) is 2. The van der Waals surface area contributed by atoms with Gasteiger partial charge in [0, 0.05) is 6.04 Å². The normalized spacial score (nSPS) is 22.6. The maximum absolute atomic E-state index is 12.1. The van der Waals surface area contributed by atoms with Crippen LogP contribution in [-0.4, -0.2) is 29.2 Å². The monoisotopic (exact) mass is 298 g/mol. The van der Waals surface area contributed by atoms with Crippen molar-refractivity contribution in [3.63, 3.8) is 0 Å². The third kappa shape index (κ3) is 5.56. The fourth-order valence-corrected chi connectivity index (χ4v) is 3.83. The van der Waals surface area contributed by atoms with E-state index in [9.17, 15) is 9.59 Å². The van der Waals surface area contributed by atoms with Gasteiger partial charge in [-0.25, -0.2) is 9.59 Å². The summed E-state index contributed by atoms with van der Waals surface area (Å²) in [6.07, 6.45) is 2.97. The number of carboxylic acids is 1. The highest BCUT2D eigenvalue weighted by Crippen LogP contribution is 2.45. The summed E-state index contributed by atoms with van der Waals surface area (Å²) in [5.74, 6) is -1.14. The third-order valence-electron chi connectivity index (χ3n) is 4.11. The van der Waals surface area contributed by atoms with Crippen LogP contribution in [0.15, 0.2) is 0 Å². The smallest absolute Gasteiger partial charge is 0.326 e. The summed E-state index contributed by atoms with van der Waals surface area (Å²) in [5, 5.41) is 14.6. The summed E-state index contributed by atoms with van der Waals surface area (Å²) >= 11 is 0. The van der Waals surface area contributed by atoms with Crippen molar-refractivity contribution in [2.45, 2.75) is 72.9 Å². The van der Waals surface area contributed by atoms with E-state index in [0.29, 0.717) is 0 Å². The largest absolute Gasteiger partial charge is 0.480 e. The second kappa shape index (κ2) is 6.24. The van der Waals surface area contributed by atoms with Crippen LogP contribution in [0.2, 0.25) is 0 Å². The molecule has 0 radical (unpaired) electrons. The molecule has 2 amide bonds. The van der Waals surface area contributed by atoms with Gasteiger partial charge in [-0.15, -0.1) is 0 Å². The number of nitrogens with one attached hydrogen (secondary N) is 2. The summed E-state index contributed by atoms with van der Waals surface area (Å²) in [4.78, 5) is 23.2. The Kier molecular flexibility index (Phi) is 5.29. The lowest BCUT2D eigenvalue weighted by Crippen LogP contribution is -2.53. The number of carbonyl (C=O) groups excluding carboxylic acids is 1. The predicted octanol–water partition coefficient (Wildman–Crippen LogP) is 3.00. The summed E-state index contributed by atoms with van der Waals surface area (Å²) in [5.41, 5.74) is 0.369. The van der Waals surface area contributed by atoms with Crippen LogP contribution in [0.5, 0.6) is 0 Å². The molecule has 0 heterocycles. The molecule has 1 atom stereocenters. The number of aliphatic carboxylic acids is 1. The molecule has 0 aromatic carbocycles. The van der Waals surface area contributed by atoms with Crippen molar-refractivity contribution in [3.05, 3.63) is 0 Å². The van der Waals surface area contributed by atoms with E-state index in [1.54, 1.807) is 13.8 Å². The van der Waals surface area contributed by atoms with Gasteiger partial charge >= 0.3 is 12.0 Å². The Balaban J connectivity index is 2.64. The van der Waals surface area contributed by atoms with Gasteiger partial charge in [0.25, 0.3) is 0 Å². The van der Waals surface area contributed by atoms with E-state index < -0.39 is 12.0 Å². The lowest BCUT2D eigenvalue weighted by atomic mass is 9.63. The van der Waals surface area contributed by atoms with Gasteiger partial charge in [0.2, 0.25) is 0 Å². The van der Waals surface area contributed by atoms with E-state index >= 15 is 0 Å². The summed E-state index contributed by atoms with van der Waals surface area (Å²) in [7, 11) is 0. The Morgan fingerprint density at radius 1 is 1.10 bits per heavy atom. The number of amides is 2. The van der Waals surface area contributed by atoms with Crippen molar-refractivity contribution in [3.8, 4) is 0 Å². The van der Waals surface area contributed by atoms with Crippen LogP contribution in [0.25, 0.3) is 0 Å². The van der Waals surface area contributed by atoms with Crippen molar-refractivity contribution >= 4 is 12.0 Å². The first-order valence-electron chi connectivity index (χ1n) is 7.72. The molecule has 1 aliphatic rings. The molecule has 1 unspecified atom stereocenters. The Bertz CT molecular complexity index is 386. The van der Waals surface area contributed by atoms with Crippen LogP contribution in [0.1, 0.15) is 60.8 Å². The SMILES string of the molecule is CC(C)C(NC(=O)NC1CC(C)(C)CC(C)(C)C1)C(=O)O. The zero-order valence-electron chi connectivity index (χ0n) is 14.1. The zero-order chi connectivity index (χ0) is 16.4. The Labute approximate surface area is 127 Å². The van der Waals surface area contributed by atoms with Crippen molar-refractivity contribution in [1.82, 2.24) is 10.6 Å². The third-order valence-corrected chi connectivity index (χ3v) is 4.11. The molecule has 0 aliphatic heterocycles. The van der Waals surface area contributed by atoms with Crippen LogP contribution < -0.4 is 10.6 Å². The fraction of sp³-hybridized carbons (Fsp3) is 0.875. The van der Waals surface area contributed by atoms with Crippen molar-refractivity contribution in [2.75, 3.05) is 0 Å². The molecule has 21 heavy (non-hydrogen) atoms. The summed E-state index contributed by atoms with van der Waals surface area (Å²) in [6, 6.07) is -1.14. The van der Waals surface area contributed by atoms with E-state index in [1.807, 2.05) is 0 Å². The molecule has 1 saturated carbocycles. The topological polar surface area (TPSA) is 78.4 Å². The second-order valence-corrected chi connectivity index (χ2v) is 8.29. The fourth-order valence-electron chi connectivity index (χ4n) is 3.83. The van der Waals surface area contributed by atoms with Gasteiger partial charge in [-0.2, -0.15) is 0 Å². The molecule has 122 valence electrons. The van der Waals surface area contributed by atoms with Gasteiger partial charge < -0.3 is 15.7 Å². The highest BCUT2D eigenvalue weighted by molar-refractivity contribution is 5.82. The van der Waals surface area contributed by atoms with Gasteiger partial charge in [-0.05, 0) is 36.0 Å². The Hall–Kier alpha value is -1.26. The maximum atomic E-state index is 12.1. The van der Waals surface area contributed by atoms with Gasteiger partial charge in [-0.1, -0.05) is 41.5 Å². The second-order valence-electron chi connectivity index (χ2n) is 8.29. The quantitative estimate of drug-likeness (QED) is 0.746. The number of urea groups is 1. The maximum Gasteiger partial charge on any atom is 0.326 e. The standard InChI is InChI=1S/C16H30N2O3/c1-10(2)12(13(19)20)18-14(21)17-11-7-15(3,4)9-16(5,6)8-11/h10-12H,7-9H2,1-6H3,(H,19,20)(H2,17,18,21). The average Bonchev–Trinajstić information content (AvgIpc) is 2.19. The van der Waals surface area contributed by atoms with Gasteiger partial charge in [0.1, 0.15) is 6.04 Å². The molecule has 1 aliphatic carbocycles. The molecule has 0 bridgehead atoms. The lowest BCUT2D eigenvalue weighted by molar-refractivity contribution is -0.140. The van der Waals surface area contributed by atoms with Gasteiger partial charge in [0.15, 0.2) is 0 Å². The molecule has 3 N–H and O–H groups in total. The van der Waals surface area contributed by atoms with E-state index in [-0.39, 0.29) is 28.8 Å². The minimum Gasteiger partial charge on any atom is -0.480 e. The first-order valence-corrected chi connectivity index (χ1v) is 7.72. The predicted molar refractivity (Wildman–Crippen MR) is 83.1 cm³/mol. The van der Waals surface area contributed by atoms with E-state index in [4.69, 9.17) is 5.11 Å². The molecule has 1 rings (SSSR count). The summed E-state index contributed by atoms with van der Waals surface area (Å²) in [6.45, 7) is 12.4. The number of hydrogen-bond donors (Lipinski definition) is 3. The van der Waals surface area contributed by atoms with Crippen LogP contribution in [0.4, 0.5) is 4.79 Å². The molecular weight excluding hydrogens is 268 g/mol. The average molecular weight is 298 g/mol. The first kappa shape index (κ1) is 17.8. The molecule has 1 fully saturated rings. The number of rotatable bonds is 4. The lowest BCUT2D eigenvalue weighted by Gasteiger charge is -2.45. The van der Waals surface area contributed by atoms with Crippen LogP contribution in [0.3, 0.4) is 0 Å². The zero-order valence-corrected chi connectivity index (χ0v) is 14.1.